The molecule has 0 spiro atoms. The van der Waals surface area contributed by atoms with Crippen molar-refractivity contribution < 1.29 is 0 Å². The Balaban J connectivity index is 2.18. The van der Waals surface area contributed by atoms with E-state index in [2.05, 4.69) is 15.0 Å². The second-order valence-corrected chi connectivity index (χ2v) is 3.93. The van der Waals surface area contributed by atoms with E-state index in [0.717, 1.165) is 28.0 Å². The van der Waals surface area contributed by atoms with Crippen LogP contribution < -0.4 is 0 Å². The van der Waals surface area contributed by atoms with Crippen LogP contribution in [-0.2, 0) is 0 Å². The first-order valence-corrected chi connectivity index (χ1v) is 5.48. The van der Waals surface area contributed by atoms with Crippen molar-refractivity contribution in [2.75, 3.05) is 0 Å². The normalized spacial score (nSPS) is 10.6. The summed E-state index contributed by atoms with van der Waals surface area (Å²) in [5, 5.41) is 1.09. The molecule has 3 heteroatoms. The van der Waals surface area contributed by atoms with Crippen molar-refractivity contribution in [1.82, 2.24) is 15.0 Å². The van der Waals surface area contributed by atoms with Crippen LogP contribution in [0.3, 0.4) is 0 Å². The van der Waals surface area contributed by atoms with E-state index in [-0.39, 0.29) is 0 Å². The van der Waals surface area contributed by atoms with Crippen molar-refractivity contribution in [1.29, 1.82) is 0 Å². The Labute approximate surface area is 99.2 Å². The summed E-state index contributed by atoms with van der Waals surface area (Å²) in [7, 11) is 0. The summed E-state index contributed by atoms with van der Waals surface area (Å²) in [6.07, 6.45) is 3.54. The summed E-state index contributed by atoms with van der Waals surface area (Å²) in [4.78, 5) is 13.1. The van der Waals surface area contributed by atoms with Crippen LogP contribution >= 0.6 is 0 Å². The van der Waals surface area contributed by atoms with Gasteiger partial charge in [0.05, 0.1) is 23.1 Å². The summed E-state index contributed by atoms with van der Waals surface area (Å²) in [6, 6.07) is 11.9. The topological polar surface area (TPSA) is 38.7 Å². The van der Waals surface area contributed by atoms with Crippen LogP contribution in [-0.4, -0.2) is 15.0 Å². The smallest absolute Gasteiger partial charge is 0.0894 e. The van der Waals surface area contributed by atoms with Crippen LogP contribution in [0.2, 0.25) is 0 Å². The molecule has 0 radical (unpaired) electrons. The average Bonchev–Trinajstić information content (AvgIpc) is 2.38. The zero-order valence-electron chi connectivity index (χ0n) is 9.46. The Kier molecular flexibility index (Phi) is 2.29. The maximum absolute atomic E-state index is 4.56. The minimum absolute atomic E-state index is 0.884. The Morgan fingerprint density at radius 2 is 1.76 bits per heavy atom. The van der Waals surface area contributed by atoms with Crippen molar-refractivity contribution in [2.45, 2.75) is 6.92 Å². The predicted octanol–water partition coefficient (Wildman–Crippen LogP) is 3.00. The minimum Gasteiger partial charge on any atom is -0.262 e. The number of pyridine rings is 3. The van der Waals surface area contributed by atoms with Crippen LogP contribution in [0.4, 0.5) is 0 Å². The molecule has 0 aromatic carbocycles. The van der Waals surface area contributed by atoms with E-state index in [1.807, 2.05) is 43.3 Å². The molecule has 0 aliphatic rings. The number of fused-ring (bicyclic) bond motifs is 1. The first-order chi connectivity index (χ1) is 8.33. The molecular formula is C14H11N3. The molecule has 3 nitrogen and oxygen atoms in total. The molecule has 3 heterocycles. The summed E-state index contributed by atoms with van der Waals surface area (Å²) >= 11 is 0. The van der Waals surface area contributed by atoms with Gasteiger partial charge in [-0.15, -0.1) is 0 Å². The molecule has 0 bridgehead atoms. The van der Waals surface area contributed by atoms with Gasteiger partial charge in [-0.25, -0.2) is 4.98 Å². The molecule has 17 heavy (non-hydrogen) atoms. The Morgan fingerprint density at radius 1 is 0.882 bits per heavy atom. The van der Waals surface area contributed by atoms with Crippen LogP contribution in [0, 0.1) is 6.92 Å². The predicted molar refractivity (Wildman–Crippen MR) is 67.5 cm³/mol. The van der Waals surface area contributed by atoms with Crippen molar-refractivity contribution >= 4 is 10.9 Å². The lowest BCUT2D eigenvalue weighted by atomic mass is 10.2. The van der Waals surface area contributed by atoms with Gasteiger partial charge in [-0.2, -0.15) is 0 Å². The van der Waals surface area contributed by atoms with Crippen LogP contribution in [0.5, 0.6) is 0 Å². The number of hydrogen-bond donors (Lipinski definition) is 0. The number of aryl methyl sites for hydroxylation is 1. The van der Waals surface area contributed by atoms with Crippen molar-refractivity contribution in [3.8, 4) is 11.4 Å². The van der Waals surface area contributed by atoms with E-state index in [1.165, 1.54) is 0 Å². The molecule has 3 aromatic rings. The van der Waals surface area contributed by atoms with Gasteiger partial charge in [-0.1, -0.05) is 12.1 Å². The third-order valence-corrected chi connectivity index (χ3v) is 2.65. The largest absolute Gasteiger partial charge is 0.262 e. The van der Waals surface area contributed by atoms with Crippen LogP contribution in [0.25, 0.3) is 22.3 Å². The average molecular weight is 221 g/mol. The SMILES string of the molecule is Cc1cccc(-c2ccc3ccncc3n2)n1. The lowest BCUT2D eigenvalue weighted by molar-refractivity contribution is 1.18. The highest BCUT2D eigenvalue weighted by Gasteiger charge is 2.02. The highest BCUT2D eigenvalue weighted by Crippen LogP contribution is 2.18. The van der Waals surface area contributed by atoms with Gasteiger partial charge in [0, 0.05) is 17.3 Å². The van der Waals surface area contributed by atoms with Crippen molar-refractivity contribution in [2.24, 2.45) is 0 Å². The number of aromatic nitrogens is 3. The molecular weight excluding hydrogens is 210 g/mol. The fourth-order valence-corrected chi connectivity index (χ4v) is 1.80. The molecule has 0 fully saturated rings. The lowest BCUT2D eigenvalue weighted by Crippen LogP contribution is -1.90. The zero-order chi connectivity index (χ0) is 11.7. The van der Waals surface area contributed by atoms with Gasteiger partial charge in [0.25, 0.3) is 0 Å². The van der Waals surface area contributed by atoms with E-state index in [9.17, 15) is 0 Å². The van der Waals surface area contributed by atoms with Gasteiger partial charge in [0.2, 0.25) is 0 Å². The molecule has 0 aliphatic carbocycles. The van der Waals surface area contributed by atoms with Gasteiger partial charge in [0.1, 0.15) is 0 Å². The van der Waals surface area contributed by atoms with E-state index in [4.69, 9.17) is 0 Å². The van der Waals surface area contributed by atoms with Gasteiger partial charge in [0.15, 0.2) is 0 Å². The molecule has 0 atom stereocenters. The van der Waals surface area contributed by atoms with Gasteiger partial charge >= 0.3 is 0 Å². The maximum Gasteiger partial charge on any atom is 0.0894 e. The standard InChI is InChI=1S/C14H11N3/c1-10-3-2-4-12(16-10)13-6-5-11-7-8-15-9-14(11)17-13/h2-9H,1H3. The molecule has 0 aliphatic heterocycles. The first kappa shape index (κ1) is 9.90. The molecule has 82 valence electrons. The molecule has 0 amide bonds. The Morgan fingerprint density at radius 3 is 2.65 bits per heavy atom. The van der Waals surface area contributed by atoms with Gasteiger partial charge in [-0.05, 0) is 31.2 Å². The molecule has 0 saturated heterocycles. The van der Waals surface area contributed by atoms with Crippen LogP contribution in [0.1, 0.15) is 5.69 Å². The summed E-state index contributed by atoms with van der Waals surface area (Å²) in [5.41, 5.74) is 3.67. The number of hydrogen-bond acceptors (Lipinski definition) is 3. The molecule has 0 saturated carbocycles. The molecule has 3 rings (SSSR count). The quantitative estimate of drug-likeness (QED) is 0.634. The molecule has 0 N–H and O–H groups in total. The summed E-state index contributed by atoms with van der Waals surface area (Å²) in [6.45, 7) is 1.98. The maximum atomic E-state index is 4.56. The van der Waals surface area contributed by atoms with Crippen LogP contribution in [0.15, 0.2) is 48.8 Å². The van der Waals surface area contributed by atoms with E-state index >= 15 is 0 Å². The lowest BCUT2D eigenvalue weighted by Gasteiger charge is -2.02. The highest BCUT2D eigenvalue weighted by molar-refractivity contribution is 5.79. The third-order valence-electron chi connectivity index (χ3n) is 2.65. The van der Waals surface area contributed by atoms with E-state index < -0.39 is 0 Å². The second kappa shape index (κ2) is 3.94. The fourth-order valence-electron chi connectivity index (χ4n) is 1.80. The Hall–Kier alpha value is -2.29. The van der Waals surface area contributed by atoms with E-state index in [0.29, 0.717) is 0 Å². The van der Waals surface area contributed by atoms with Gasteiger partial charge < -0.3 is 0 Å². The summed E-state index contributed by atoms with van der Waals surface area (Å²) < 4.78 is 0. The monoisotopic (exact) mass is 221 g/mol. The van der Waals surface area contributed by atoms with E-state index in [1.54, 1.807) is 12.4 Å². The van der Waals surface area contributed by atoms with Crippen molar-refractivity contribution in [3.63, 3.8) is 0 Å². The fraction of sp³-hybridized carbons (Fsp3) is 0.0714. The second-order valence-electron chi connectivity index (χ2n) is 3.93. The van der Waals surface area contributed by atoms with Crippen molar-refractivity contribution in [3.05, 3.63) is 54.5 Å². The zero-order valence-corrected chi connectivity index (χ0v) is 9.46. The minimum atomic E-state index is 0.884. The number of rotatable bonds is 1. The number of nitrogens with zero attached hydrogens (tertiary/aromatic N) is 3. The van der Waals surface area contributed by atoms with Gasteiger partial charge in [-0.3, -0.25) is 9.97 Å². The molecule has 3 aromatic heterocycles. The Bertz CT molecular complexity index is 677. The molecule has 0 unspecified atom stereocenters. The third kappa shape index (κ3) is 1.87. The summed E-state index contributed by atoms with van der Waals surface area (Å²) in [5.74, 6) is 0. The first-order valence-electron chi connectivity index (χ1n) is 5.48. The highest BCUT2D eigenvalue weighted by atomic mass is 14.8.